The van der Waals surface area contributed by atoms with E-state index in [-0.39, 0.29) is 22.3 Å². The van der Waals surface area contributed by atoms with E-state index in [0.717, 1.165) is 19.4 Å². The smallest absolute Gasteiger partial charge is 0.182 e. The molecule has 21 heavy (non-hydrogen) atoms. The second kappa shape index (κ2) is 5.17. The molecule has 7 nitrogen and oxygen atoms in total. The molecule has 1 aliphatic heterocycles. The molecule has 4 N–H and O–H groups in total. The van der Waals surface area contributed by atoms with E-state index in [9.17, 15) is 8.42 Å². The highest BCUT2D eigenvalue weighted by atomic mass is 32.2. The van der Waals surface area contributed by atoms with E-state index < -0.39 is 9.84 Å². The van der Waals surface area contributed by atoms with Crippen LogP contribution in [-0.4, -0.2) is 43.6 Å². The number of anilines is 2. The lowest BCUT2D eigenvalue weighted by Crippen LogP contribution is -2.43. The highest BCUT2D eigenvalue weighted by Gasteiger charge is 2.32. The molecule has 2 rings (SSSR count). The van der Waals surface area contributed by atoms with Crippen LogP contribution < -0.4 is 16.4 Å². The highest BCUT2D eigenvalue weighted by molar-refractivity contribution is 7.91. The van der Waals surface area contributed by atoms with Gasteiger partial charge in [-0.05, 0) is 33.6 Å². The van der Waals surface area contributed by atoms with Gasteiger partial charge in [0, 0.05) is 25.4 Å². The van der Waals surface area contributed by atoms with Gasteiger partial charge >= 0.3 is 0 Å². The number of hydrogen-bond donors (Lipinski definition) is 2. The van der Waals surface area contributed by atoms with E-state index in [1.807, 2.05) is 25.7 Å². The van der Waals surface area contributed by atoms with Crippen molar-refractivity contribution in [3.8, 4) is 0 Å². The van der Waals surface area contributed by atoms with E-state index in [4.69, 9.17) is 11.5 Å². The summed E-state index contributed by atoms with van der Waals surface area (Å²) in [7, 11) is -3.46. The van der Waals surface area contributed by atoms with Crippen LogP contribution >= 0.6 is 0 Å². The summed E-state index contributed by atoms with van der Waals surface area (Å²) in [4.78, 5) is 2.05. The van der Waals surface area contributed by atoms with E-state index in [1.54, 1.807) is 4.68 Å². The van der Waals surface area contributed by atoms with Gasteiger partial charge in [-0.25, -0.2) is 13.1 Å². The summed E-state index contributed by atoms with van der Waals surface area (Å²) in [6.45, 7) is 7.16. The van der Waals surface area contributed by atoms with Crippen LogP contribution in [0.15, 0.2) is 4.90 Å². The SMILES string of the molecule is CC(C)(C)n1nc(N2CCCC(N)C2)c(S(C)(=O)=O)c1N. The Morgan fingerprint density at radius 3 is 2.43 bits per heavy atom. The van der Waals surface area contributed by atoms with Crippen molar-refractivity contribution in [2.75, 3.05) is 30.0 Å². The Labute approximate surface area is 126 Å². The summed E-state index contributed by atoms with van der Waals surface area (Å²) >= 11 is 0. The molecular weight excluding hydrogens is 290 g/mol. The Morgan fingerprint density at radius 1 is 1.33 bits per heavy atom. The van der Waals surface area contributed by atoms with Gasteiger partial charge in [-0.3, -0.25) is 0 Å². The third-order valence-electron chi connectivity index (χ3n) is 3.62. The Kier molecular flexibility index (Phi) is 3.96. The maximum absolute atomic E-state index is 12.1. The lowest BCUT2D eigenvalue weighted by molar-refractivity contribution is 0.360. The first-order chi connectivity index (χ1) is 9.51. The summed E-state index contributed by atoms with van der Waals surface area (Å²) in [6, 6.07) is 0.0344. The van der Waals surface area contributed by atoms with Crippen molar-refractivity contribution in [2.24, 2.45) is 5.73 Å². The number of nitrogens with two attached hydrogens (primary N) is 2. The van der Waals surface area contributed by atoms with Crippen molar-refractivity contribution in [3.05, 3.63) is 0 Å². The van der Waals surface area contributed by atoms with Gasteiger partial charge in [0.2, 0.25) is 0 Å². The van der Waals surface area contributed by atoms with Crippen molar-refractivity contribution in [3.63, 3.8) is 0 Å². The third-order valence-corrected chi connectivity index (χ3v) is 4.76. The number of sulfone groups is 1. The minimum Gasteiger partial charge on any atom is -0.383 e. The zero-order valence-corrected chi connectivity index (χ0v) is 13.9. The van der Waals surface area contributed by atoms with Crippen molar-refractivity contribution in [1.82, 2.24) is 9.78 Å². The van der Waals surface area contributed by atoms with Gasteiger partial charge in [0.05, 0.1) is 5.54 Å². The minimum atomic E-state index is -3.46. The van der Waals surface area contributed by atoms with E-state index in [2.05, 4.69) is 5.10 Å². The normalized spacial score (nSPS) is 20.8. The van der Waals surface area contributed by atoms with E-state index >= 15 is 0 Å². The van der Waals surface area contributed by atoms with Gasteiger partial charge in [-0.2, -0.15) is 5.10 Å². The summed E-state index contributed by atoms with van der Waals surface area (Å²) in [5, 5.41) is 4.49. The standard InChI is InChI=1S/C13H25N5O2S/c1-13(2,3)18-11(15)10(21(4,19)20)12(16-18)17-7-5-6-9(14)8-17/h9H,5-8,14-15H2,1-4H3. The number of rotatable bonds is 2. The monoisotopic (exact) mass is 315 g/mol. The second-order valence-electron chi connectivity index (χ2n) is 6.74. The van der Waals surface area contributed by atoms with Gasteiger partial charge in [0.1, 0.15) is 5.82 Å². The van der Waals surface area contributed by atoms with Crippen molar-refractivity contribution >= 4 is 21.5 Å². The van der Waals surface area contributed by atoms with Crippen LogP contribution in [0.5, 0.6) is 0 Å². The van der Waals surface area contributed by atoms with Crippen LogP contribution in [-0.2, 0) is 15.4 Å². The van der Waals surface area contributed by atoms with Crippen LogP contribution in [0.2, 0.25) is 0 Å². The van der Waals surface area contributed by atoms with Gasteiger partial charge in [0.15, 0.2) is 20.6 Å². The van der Waals surface area contributed by atoms with Crippen molar-refractivity contribution < 1.29 is 8.42 Å². The Balaban J connectivity index is 2.59. The lowest BCUT2D eigenvalue weighted by Gasteiger charge is -2.31. The summed E-state index contributed by atoms with van der Waals surface area (Å²) in [6.07, 6.45) is 3.04. The largest absolute Gasteiger partial charge is 0.383 e. The van der Waals surface area contributed by atoms with Gasteiger partial charge in [-0.15, -0.1) is 0 Å². The van der Waals surface area contributed by atoms with E-state index in [0.29, 0.717) is 12.4 Å². The maximum Gasteiger partial charge on any atom is 0.182 e. The molecule has 1 atom stereocenters. The molecule has 0 amide bonds. The fourth-order valence-corrected chi connectivity index (χ4v) is 3.65. The fourth-order valence-electron chi connectivity index (χ4n) is 2.68. The molecule has 1 fully saturated rings. The predicted octanol–water partition coefficient (Wildman–Crippen LogP) is 0.551. The molecule has 2 heterocycles. The molecule has 0 radical (unpaired) electrons. The number of piperidine rings is 1. The first-order valence-corrected chi connectivity index (χ1v) is 9.00. The average molecular weight is 315 g/mol. The van der Waals surface area contributed by atoms with Crippen molar-refractivity contribution in [2.45, 2.75) is 50.1 Å². The van der Waals surface area contributed by atoms with Gasteiger partial charge in [0.25, 0.3) is 0 Å². The number of nitrogens with zero attached hydrogens (tertiary/aromatic N) is 3. The van der Waals surface area contributed by atoms with E-state index in [1.165, 1.54) is 6.26 Å². The van der Waals surface area contributed by atoms with Crippen LogP contribution in [0.1, 0.15) is 33.6 Å². The molecule has 0 saturated carbocycles. The van der Waals surface area contributed by atoms with Gasteiger partial charge in [-0.1, -0.05) is 0 Å². The number of hydrogen-bond acceptors (Lipinski definition) is 6. The Bertz CT molecular complexity index is 630. The maximum atomic E-state index is 12.1. The Morgan fingerprint density at radius 2 is 1.95 bits per heavy atom. The first kappa shape index (κ1) is 16.1. The molecule has 1 aliphatic rings. The van der Waals surface area contributed by atoms with Crippen LogP contribution in [0.25, 0.3) is 0 Å². The number of aromatic nitrogens is 2. The predicted molar refractivity (Wildman–Crippen MR) is 84.2 cm³/mol. The molecular formula is C13H25N5O2S. The topological polar surface area (TPSA) is 107 Å². The lowest BCUT2D eigenvalue weighted by atomic mass is 10.1. The molecule has 1 aromatic rings. The molecule has 1 unspecified atom stereocenters. The summed E-state index contributed by atoms with van der Waals surface area (Å²) in [5.74, 6) is 0.624. The Hall–Kier alpha value is -1.28. The average Bonchev–Trinajstić information content (AvgIpc) is 2.66. The molecule has 0 aliphatic carbocycles. The zero-order valence-electron chi connectivity index (χ0n) is 13.1. The summed E-state index contributed by atoms with van der Waals surface area (Å²) in [5.41, 5.74) is 11.7. The molecule has 0 bridgehead atoms. The molecule has 0 spiro atoms. The quantitative estimate of drug-likeness (QED) is 0.825. The molecule has 8 heteroatoms. The molecule has 1 saturated heterocycles. The second-order valence-corrected chi connectivity index (χ2v) is 8.69. The number of nitrogen functional groups attached to an aromatic ring is 1. The fraction of sp³-hybridized carbons (Fsp3) is 0.769. The third kappa shape index (κ3) is 3.16. The molecule has 0 aromatic carbocycles. The van der Waals surface area contributed by atoms with Crippen LogP contribution in [0, 0.1) is 0 Å². The highest BCUT2D eigenvalue weighted by Crippen LogP contribution is 2.34. The minimum absolute atomic E-state index is 0.0344. The first-order valence-electron chi connectivity index (χ1n) is 7.11. The zero-order chi connectivity index (χ0) is 16.0. The van der Waals surface area contributed by atoms with Crippen LogP contribution in [0.3, 0.4) is 0 Å². The van der Waals surface area contributed by atoms with Gasteiger partial charge < -0.3 is 16.4 Å². The molecule has 120 valence electrons. The van der Waals surface area contributed by atoms with Crippen molar-refractivity contribution in [1.29, 1.82) is 0 Å². The van der Waals surface area contributed by atoms with Crippen LogP contribution in [0.4, 0.5) is 11.6 Å². The molecule has 1 aromatic heterocycles. The summed E-state index contributed by atoms with van der Waals surface area (Å²) < 4.78 is 25.9.